The van der Waals surface area contributed by atoms with E-state index >= 15 is 0 Å². The van der Waals surface area contributed by atoms with Crippen LogP contribution in [-0.4, -0.2) is 11.1 Å². The van der Waals surface area contributed by atoms with Crippen molar-refractivity contribution in [2.24, 2.45) is 0 Å². The average Bonchev–Trinajstić information content (AvgIpc) is 2.99. The monoisotopic (exact) mass is 216 g/mol. The minimum Gasteiger partial charge on any atom is -0.475 e. The van der Waals surface area contributed by atoms with Gasteiger partial charge < -0.3 is 9.52 Å². The average molecular weight is 216 g/mol. The predicted molar refractivity (Wildman–Crippen MR) is 59.9 cm³/mol. The van der Waals surface area contributed by atoms with Crippen molar-refractivity contribution in [3.8, 4) is 0 Å². The Balaban J connectivity index is 2.33. The van der Waals surface area contributed by atoms with Gasteiger partial charge in [-0.15, -0.1) is 0 Å². The summed E-state index contributed by atoms with van der Waals surface area (Å²) in [5.74, 6) is -0.451. The lowest BCUT2D eigenvalue weighted by atomic mass is 10.0. The quantitative estimate of drug-likeness (QED) is 0.837. The normalized spacial score (nSPS) is 15.6. The highest BCUT2D eigenvalue weighted by Gasteiger charge is 2.33. The van der Waals surface area contributed by atoms with Gasteiger partial charge in [-0.05, 0) is 37.8 Å². The highest BCUT2D eigenvalue weighted by molar-refractivity contribution is 5.96. The first-order valence-corrected chi connectivity index (χ1v) is 5.43. The molecule has 3 nitrogen and oxygen atoms in total. The van der Waals surface area contributed by atoms with E-state index in [1.54, 1.807) is 0 Å². The first-order chi connectivity index (χ1) is 7.66. The molecule has 1 aliphatic carbocycles. The van der Waals surface area contributed by atoms with E-state index in [0.29, 0.717) is 11.5 Å². The van der Waals surface area contributed by atoms with E-state index in [4.69, 9.17) is 9.52 Å². The Morgan fingerprint density at radius 3 is 2.81 bits per heavy atom. The predicted octanol–water partition coefficient (Wildman–Crippen LogP) is 3.32. The lowest BCUT2D eigenvalue weighted by Crippen LogP contribution is -1.97. The second kappa shape index (κ2) is 3.11. The number of carboxylic acids is 1. The Morgan fingerprint density at radius 2 is 2.19 bits per heavy atom. The summed E-state index contributed by atoms with van der Waals surface area (Å²) in [6, 6.07) is 5.80. The fraction of sp³-hybridized carbons (Fsp3) is 0.308. The molecule has 0 saturated heterocycles. The standard InChI is InChI=1S/C13H12O3/c1-7-2-5-10-9(6-7)11(8-3-4-8)12(16-10)13(14)15/h2,5-6,8H,3-4H2,1H3,(H,14,15). The molecule has 3 rings (SSSR count). The third-order valence-corrected chi connectivity index (χ3v) is 3.06. The minimum atomic E-state index is -0.962. The molecule has 82 valence electrons. The van der Waals surface area contributed by atoms with Crippen molar-refractivity contribution >= 4 is 16.9 Å². The van der Waals surface area contributed by atoms with E-state index in [0.717, 1.165) is 29.4 Å². The van der Waals surface area contributed by atoms with Gasteiger partial charge in [0.05, 0.1) is 0 Å². The van der Waals surface area contributed by atoms with Gasteiger partial charge in [0.25, 0.3) is 0 Å². The van der Waals surface area contributed by atoms with Gasteiger partial charge in [0.15, 0.2) is 0 Å². The number of rotatable bonds is 2. The van der Waals surface area contributed by atoms with Gasteiger partial charge >= 0.3 is 5.97 Å². The van der Waals surface area contributed by atoms with Crippen LogP contribution in [0.3, 0.4) is 0 Å². The molecule has 1 aliphatic rings. The van der Waals surface area contributed by atoms with E-state index in [1.807, 2.05) is 25.1 Å². The summed E-state index contributed by atoms with van der Waals surface area (Å²) < 4.78 is 5.42. The molecule has 16 heavy (non-hydrogen) atoms. The Morgan fingerprint density at radius 1 is 1.44 bits per heavy atom. The number of aryl methyl sites for hydroxylation is 1. The third kappa shape index (κ3) is 1.32. The largest absolute Gasteiger partial charge is 0.475 e. The number of carboxylic acid groups (broad SMARTS) is 1. The Labute approximate surface area is 92.7 Å². The van der Waals surface area contributed by atoms with Crippen molar-refractivity contribution in [3.63, 3.8) is 0 Å². The topological polar surface area (TPSA) is 50.4 Å². The zero-order valence-corrected chi connectivity index (χ0v) is 8.99. The van der Waals surface area contributed by atoms with Crippen LogP contribution >= 0.6 is 0 Å². The molecule has 1 aromatic heterocycles. The van der Waals surface area contributed by atoms with Crippen LogP contribution < -0.4 is 0 Å². The number of aromatic carboxylic acids is 1. The molecule has 0 aliphatic heterocycles. The Hall–Kier alpha value is -1.77. The van der Waals surface area contributed by atoms with Crippen LogP contribution in [0, 0.1) is 6.92 Å². The van der Waals surface area contributed by atoms with Crippen molar-refractivity contribution < 1.29 is 14.3 Å². The maximum absolute atomic E-state index is 11.1. The van der Waals surface area contributed by atoms with Crippen LogP contribution in [-0.2, 0) is 0 Å². The van der Waals surface area contributed by atoms with Gasteiger partial charge in [0.2, 0.25) is 5.76 Å². The van der Waals surface area contributed by atoms with E-state index in [9.17, 15) is 4.79 Å². The molecular weight excluding hydrogens is 204 g/mol. The van der Waals surface area contributed by atoms with Crippen LogP contribution in [0.15, 0.2) is 22.6 Å². The van der Waals surface area contributed by atoms with Crippen molar-refractivity contribution in [2.45, 2.75) is 25.7 Å². The van der Waals surface area contributed by atoms with Crippen molar-refractivity contribution in [1.29, 1.82) is 0 Å². The maximum atomic E-state index is 11.1. The summed E-state index contributed by atoms with van der Waals surface area (Å²) in [6.45, 7) is 2.00. The summed E-state index contributed by atoms with van der Waals surface area (Å²) >= 11 is 0. The van der Waals surface area contributed by atoms with Gasteiger partial charge in [-0.1, -0.05) is 11.6 Å². The van der Waals surface area contributed by atoms with Gasteiger partial charge in [0.1, 0.15) is 5.58 Å². The van der Waals surface area contributed by atoms with Crippen LogP contribution in [0.5, 0.6) is 0 Å². The molecule has 2 aromatic rings. The molecule has 1 heterocycles. The molecule has 1 fully saturated rings. The maximum Gasteiger partial charge on any atom is 0.372 e. The molecule has 0 unspecified atom stereocenters. The van der Waals surface area contributed by atoms with Gasteiger partial charge in [-0.25, -0.2) is 4.79 Å². The number of furan rings is 1. The number of benzene rings is 1. The first-order valence-electron chi connectivity index (χ1n) is 5.43. The van der Waals surface area contributed by atoms with Crippen LogP contribution in [0.4, 0.5) is 0 Å². The van der Waals surface area contributed by atoms with Crippen molar-refractivity contribution in [1.82, 2.24) is 0 Å². The van der Waals surface area contributed by atoms with Crippen molar-refractivity contribution in [3.05, 3.63) is 35.1 Å². The summed E-state index contributed by atoms with van der Waals surface area (Å²) in [5, 5.41) is 10.1. The molecule has 0 radical (unpaired) electrons. The van der Waals surface area contributed by atoms with Crippen molar-refractivity contribution in [2.75, 3.05) is 0 Å². The summed E-state index contributed by atoms with van der Waals surface area (Å²) in [6.07, 6.45) is 2.14. The highest BCUT2D eigenvalue weighted by Crippen LogP contribution is 2.46. The first kappa shape index (κ1) is 9.46. The van der Waals surface area contributed by atoms with E-state index in [1.165, 1.54) is 0 Å². The Bertz CT molecular complexity index is 576. The van der Waals surface area contributed by atoms with Gasteiger partial charge in [-0.3, -0.25) is 0 Å². The molecule has 0 atom stereocenters. The minimum absolute atomic E-state index is 0.128. The fourth-order valence-electron chi connectivity index (χ4n) is 2.17. The third-order valence-electron chi connectivity index (χ3n) is 3.06. The molecular formula is C13H12O3. The lowest BCUT2D eigenvalue weighted by molar-refractivity contribution is 0.0663. The second-order valence-corrected chi connectivity index (χ2v) is 4.42. The van der Waals surface area contributed by atoms with Gasteiger partial charge in [0, 0.05) is 10.9 Å². The SMILES string of the molecule is Cc1ccc2oc(C(=O)O)c(C3CC3)c2c1. The highest BCUT2D eigenvalue weighted by atomic mass is 16.4. The lowest BCUT2D eigenvalue weighted by Gasteiger charge is -1.96. The van der Waals surface area contributed by atoms with Gasteiger partial charge in [-0.2, -0.15) is 0 Å². The van der Waals surface area contributed by atoms with Crippen LogP contribution in [0.2, 0.25) is 0 Å². The van der Waals surface area contributed by atoms with Crippen LogP contribution in [0.25, 0.3) is 11.0 Å². The zero-order chi connectivity index (χ0) is 11.3. The molecule has 1 aromatic carbocycles. The number of hydrogen-bond acceptors (Lipinski definition) is 2. The number of carbonyl (C=O) groups is 1. The molecule has 1 N–H and O–H groups in total. The second-order valence-electron chi connectivity index (χ2n) is 4.42. The summed E-state index contributed by atoms with van der Waals surface area (Å²) in [4.78, 5) is 11.1. The van der Waals surface area contributed by atoms with Crippen LogP contribution in [0.1, 0.15) is 40.4 Å². The molecule has 1 saturated carbocycles. The summed E-state index contributed by atoms with van der Waals surface area (Å²) in [7, 11) is 0. The molecule has 3 heteroatoms. The van der Waals surface area contributed by atoms with E-state index < -0.39 is 5.97 Å². The number of fused-ring (bicyclic) bond motifs is 1. The Kier molecular flexibility index (Phi) is 1.84. The fourth-order valence-corrected chi connectivity index (χ4v) is 2.17. The van der Waals surface area contributed by atoms with E-state index in [-0.39, 0.29) is 5.76 Å². The summed E-state index contributed by atoms with van der Waals surface area (Å²) in [5.41, 5.74) is 2.71. The smallest absolute Gasteiger partial charge is 0.372 e. The molecule has 0 amide bonds. The van der Waals surface area contributed by atoms with E-state index in [2.05, 4.69) is 0 Å². The number of hydrogen-bond donors (Lipinski definition) is 1. The zero-order valence-electron chi connectivity index (χ0n) is 8.99. The molecule has 0 spiro atoms. The molecule has 0 bridgehead atoms.